The first-order chi connectivity index (χ1) is 18.7. The van der Waals surface area contributed by atoms with Crippen LogP contribution in [0.3, 0.4) is 0 Å². The number of rotatable bonds is 9. The number of nitrogens with one attached hydrogen (secondary N) is 2. The molecular weight excluding hydrogens is 510 g/mol. The molecule has 0 radical (unpaired) electrons. The Morgan fingerprint density at radius 2 is 1.72 bits per heavy atom. The maximum atomic E-state index is 12.7. The van der Waals surface area contributed by atoms with Crippen LogP contribution in [0.1, 0.15) is 45.2 Å². The number of carbonyl (C=O) groups is 1. The molecule has 202 valence electrons. The number of aromatic nitrogens is 3. The molecule has 0 aliphatic heterocycles. The lowest BCUT2D eigenvalue weighted by atomic mass is 9.87. The molecule has 8 nitrogen and oxygen atoms in total. The van der Waals surface area contributed by atoms with E-state index in [1.54, 1.807) is 19.2 Å². The molecule has 0 saturated heterocycles. The summed E-state index contributed by atoms with van der Waals surface area (Å²) in [4.78, 5) is 12.7. The maximum Gasteiger partial charge on any atom is 0.342 e. The molecule has 4 rings (SSSR count). The zero-order chi connectivity index (χ0) is 28.0. The number of hydrazone groups is 1. The molecule has 3 aromatic carbocycles. The van der Waals surface area contributed by atoms with Gasteiger partial charge in [0.15, 0.2) is 0 Å². The summed E-state index contributed by atoms with van der Waals surface area (Å²) in [6.45, 7) is 8.50. The van der Waals surface area contributed by atoms with Gasteiger partial charge in [0.05, 0.1) is 29.2 Å². The summed E-state index contributed by atoms with van der Waals surface area (Å²) < 4.78 is 7.32. The largest absolute Gasteiger partial charge is 0.872 e. The number of ether oxygens (including phenoxy) is 1. The fourth-order valence-corrected chi connectivity index (χ4v) is 4.73. The predicted octanol–water partition coefficient (Wildman–Crippen LogP) is 4.76. The second kappa shape index (κ2) is 12.2. The molecule has 0 saturated carbocycles. The predicted molar refractivity (Wildman–Crippen MR) is 152 cm³/mol. The van der Waals surface area contributed by atoms with Crippen molar-refractivity contribution >= 4 is 23.4 Å². The van der Waals surface area contributed by atoms with Crippen molar-refractivity contribution in [1.82, 2.24) is 15.6 Å². The summed E-state index contributed by atoms with van der Waals surface area (Å²) in [5.74, 6) is 1.34. The number of carbonyl (C=O) groups excluding carboxylic acids is 1. The summed E-state index contributed by atoms with van der Waals surface area (Å²) in [6, 6.07) is 22.5. The minimum Gasteiger partial charge on any atom is -0.872 e. The number of methoxy groups -OCH3 is 1. The van der Waals surface area contributed by atoms with Crippen LogP contribution in [0.4, 0.5) is 0 Å². The van der Waals surface area contributed by atoms with Gasteiger partial charge in [-0.3, -0.25) is 4.79 Å². The Balaban J connectivity index is 1.57. The normalized spacial score (nSPS) is 11.9. The van der Waals surface area contributed by atoms with Gasteiger partial charge in [-0.1, -0.05) is 64.1 Å². The highest BCUT2D eigenvalue weighted by atomic mass is 32.2. The summed E-state index contributed by atoms with van der Waals surface area (Å²) in [6.07, 6.45) is 0.611. The lowest BCUT2D eigenvalue weighted by Gasteiger charge is -2.18. The number of thioether (sulfide) groups is 1. The SMILES string of the molecule is CCC(=NNC(=O)CSc1n[nH]c(-c2ccc(C(C)(C)C)cc2)[n+]1-c1ccc(OC)cc1)c1ccc([O-])cc1. The Kier molecular flexibility index (Phi) is 8.71. The van der Waals surface area contributed by atoms with Crippen LogP contribution < -0.4 is 19.8 Å². The third kappa shape index (κ3) is 6.86. The van der Waals surface area contributed by atoms with Gasteiger partial charge in [0, 0.05) is 0 Å². The zero-order valence-electron chi connectivity index (χ0n) is 22.8. The standard InChI is InChI=1S/C30H33N5O3S/c1-6-26(20-9-15-24(36)16-10-20)31-32-27(37)19-39-29-34-33-28(21-7-11-22(12-8-21)30(2,3)4)35(29)23-13-17-25(38-5)18-14-23/h7-18H,6,19H2,1-5H3,(H2,31,32,36,37). The molecule has 0 atom stereocenters. The molecule has 4 aromatic rings. The van der Waals surface area contributed by atoms with E-state index in [0.29, 0.717) is 17.3 Å². The molecule has 0 aliphatic rings. The van der Waals surface area contributed by atoms with Crippen LogP contribution in [0.5, 0.6) is 11.5 Å². The average Bonchev–Trinajstić information content (AvgIpc) is 3.36. The van der Waals surface area contributed by atoms with E-state index < -0.39 is 0 Å². The Morgan fingerprint density at radius 1 is 1.05 bits per heavy atom. The van der Waals surface area contributed by atoms with Gasteiger partial charge in [-0.2, -0.15) is 9.67 Å². The van der Waals surface area contributed by atoms with E-state index in [4.69, 9.17) is 4.74 Å². The molecular formula is C30H33N5O3S. The second-order valence-electron chi connectivity index (χ2n) is 9.98. The Labute approximate surface area is 233 Å². The average molecular weight is 544 g/mol. The fraction of sp³-hybridized carbons (Fsp3) is 0.267. The van der Waals surface area contributed by atoms with Crippen molar-refractivity contribution in [3.8, 4) is 28.6 Å². The summed E-state index contributed by atoms with van der Waals surface area (Å²) in [5, 5.41) is 24.0. The van der Waals surface area contributed by atoms with Crippen LogP contribution in [0, 0.1) is 0 Å². The topological polar surface area (TPSA) is 106 Å². The van der Waals surface area contributed by atoms with Crippen molar-refractivity contribution in [1.29, 1.82) is 0 Å². The minimum atomic E-state index is -0.258. The Bertz CT molecular complexity index is 1440. The molecule has 9 heteroatoms. The van der Waals surface area contributed by atoms with Gasteiger partial charge in [-0.25, -0.2) is 5.43 Å². The van der Waals surface area contributed by atoms with E-state index in [-0.39, 0.29) is 22.8 Å². The van der Waals surface area contributed by atoms with Crippen molar-refractivity contribution < 1.29 is 19.2 Å². The molecule has 39 heavy (non-hydrogen) atoms. The quantitative estimate of drug-likeness (QED) is 0.137. The first kappa shape index (κ1) is 27.9. The molecule has 0 spiro atoms. The highest BCUT2D eigenvalue weighted by molar-refractivity contribution is 7.99. The van der Waals surface area contributed by atoms with Crippen molar-refractivity contribution in [2.24, 2.45) is 5.10 Å². The number of hydrogen-bond donors (Lipinski definition) is 2. The van der Waals surface area contributed by atoms with Crippen LogP contribution in [-0.2, 0) is 10.2 Å². The third-order valence-corrected chi connectivity index (χ3v) is 7.14. The molecule has 0 unspecified atom stereocenters. The first-order valence-corrected chi connectivity index (χ1v) is 13.7. The van der Waals surface area contributed by atoms with E-state index in [1.807, 2.05) is 35.8 Å². The highest BCUT2D eigenvalue weighted by Crippen LogP contribution is 2.26. The van der Waals surface area contributed by atoms with E-state index in [1.165, 1.54) is 29.5 Å². The van der Waals surface area contributed by atoms with Crippen molar-refractivity contribution in [2.45, 2.75) is 44.7 Å². The maximum absolute atomic E-state index is 12.7. The summed E-state index contributed by atoms with van der Waals surface area (Å²) in [5.41, 5.74) is 7.28. The molecule has 0 aliphatic carbocycles. The fourth-order valence-electron chi connectivity index (χ4n) is 3.97. The van der Waals surface area contributed by atoms with Crippen LogP contribution in [0.15, 0.2) is 83.1 Å². The zero-order valence-corrected chi connectivity index (χ0v) is 23.6. The van der Waals surface area contributed by atoms with Gasteiger partial charge in [-0.15, -0.1) is 10.8 Å². The lowest BCUT2D eigenvalue weighted by molar-refractivity contribution is -0.625. The third-order valence-electron chi connectivity index (χ3n) is 6.20. The summed E-state index contributed by atoms with van der Waals surface area (Å²) in [7, 11) is 1.63. The molecule has 1 heterocycles. The van der Waals surface area contributed by atoms with Crippen LogP contribution in [-0.4, -0.2) is 34.7 Å². The highest BCUT2D eigenvalue weighted by Gasteiger charge is 2.25. The van der Waals surface area contributed by atoms with Crippen LogP contribution in [0.25, 0.3) is 17.1 Å². The number of nitrogens with zero attached hydrogens (tertiary/aromatic N) is 3. The number of benzene rings is 3. The van der Waals surface area contributed by atoms with Gasteiger partial charge in [0.2, 0.25) is 0 Å². The minimum absolute atomic E-state index is 0.0481. The van der Waals surface area contributed by atoms with E-state index in [0.717, 1.165) is 28.4 Å². The monoisotopic (exact) mass is 543 g/mol. The van der Waals surface area contributed by atoms with Crippen molar-refractivity contribution in [3.05, 3.63) is 83.9 Å². The van der Waals surface area contributed by atoms with Gasteiger partial charge in [0.25, 0.3) is 11.7 Å². The second-order valence-corrected chi connectivity index (χ2v) is 10.9. The smallest absolute Gasteiger partial charge is 0.342 e. The number of hydrogen-bond acceptors (Lipinski definition) is 6. The summed E-state index contributed by atoms with van der Waals surface area (Å²) >= 11 is 1.31. The van der Waals surface area contributed by atoms with Gasteiger partial charge >= 0.3 is 5.16 Å². The van der Waals surface area contributed by atoms with Crippen LogP contribution in [0.2, 0.25) is 0 Å². The van der Waals surface area contributed by atoms with Gasteiger partial charge in [-0.05, 0) is 71.1 Å². The molecule has 0 bridgehead atoms. The van der Waals surface area contributed by atoms with E-state index in [9.17, 15) is 9.90 Å². The van der Waals surface area contributed by atoms with Gasteiger partial charge in [0.1, 0.15) is 11.4 Å². The molecule has 1 amide bonds. The van der Waals surface area contributed by atoms with E-state index >= 15 is 0 Å². The number of aromatic amines is 1. The van der Waals surface area contributed by atoms with Crippen molar-refractivity contribution in [3.63, 3.8) is 0 Å². The Morgan fingerprint density at radius 3 is 2.31 bits per heavy atom. The first-order valence-electron chi connectivity index (χ1n) is 12.7. The number of H-pyrrole nitrogens is 1. The van der Waals surface area contributed by atoms with E-state index in [2.05, 4.69) is 65.8 Å². The van der Waals surface area contributed by atoms with Crippen molar-refractivity contribution in [2.75, 3.05) is 12.9 Å². The molecule has 1 aromatic heterocycles. The Hall–Kier alpha value is -4.11. The number of amides is 1. The van der Waals surface area contributed by atoms with Crippen LogP contribution >= 0.6 is 11.8 Å². The lowest BCUT2D eigenvalue weighted by Crippen LogP contribution is -2.34. The molecule has 2 N–H and O–H groups in total. The van der Waals surface area contributed by atoms with Gasteiger partial charge < -0.3 is 9.84 Å². The molecule has 0 fully saturated rings.